The summed E-state index contributed by atoms with van der Waals surface area (Å²) in [4.78, 5) is 12.8. The van der Waals surface area contributed by atoms with E-state index in [0.717, 1.165) is 28.4 Å². The van der Waals surface area contributed by atoms with Crippen LogP contribution < -0.4 is 14.8 Å². The number of hydrogen-bond donors (Lipinski definition) is 1. The fraction of sp³-hybridized carbons (Fsp3) is 0.312. The van der Waals surface area contributed by atoms with Crippen molar-refractivity contribution < 1.29 is 14.3 Å². The van der Waals surface area contributed by atoms with E-state index in [9.17, 15) is 4.79 Å². The van der Waals surface area contributed by atoms with Crippen LogP contribution in [-0.4, -0.2) is 19.1 Å². The van der Waals surface area contributed by atoms with Gasteiger partial charge in [-0.3, -0.25) is 4.79 Å². The van der Waals surface area contributed by atoms with Crippen molar-refractivity contribution in [3.63, 3.8) is 0 Å². The van der Waals surface area contributed by atoms with Gasteiger partial charge in [0.15, 0.2) is 11.5 Å². The molecule has 0 spiro atoms. The van der Waals surface area contributed by atoms with Crippen LogP contribution in [0.1, 0.15) is 34.6 Å². The molecule has 1 aromatic heterocycles. The van der Waals surface area contributed by atoms with Gasteiger partial charge in [-0.05, 0) is 36.1 Å². The lowest BCUT2D eigenvalue weighted by Gasteiger charge is -2.16. The highest BCUT2D eigenvalue weighted by Crippen LogP contribution is 2.32. The molecule has 0 radical (unpaired) electrons. The predicted molar refractivity (Wildman–Crippen MR) is 82.2 cm³/mol. The smallest absolute Gasteiger partial charge is 0.261 e. The molecule has 1 aliphatic rings. The van der Waals surface area contributed by atoms with Gasteiger partial charge in [0.25, 0.3) is 5.91 Å². The minimum Gasteiger partial charge on any atom is -0.490 e. The summed E-state index contributed by atoms with van der Waals surface area (Å²) < 4.78 is 11.3. The highest BCUT2D eigenvalue weighted by atomic mass is 32.1. The molecule has 2 heterocycles. The molecule has 1 aromatic carbocycles. The molecule has 1 unspecified atom stereocenters. The number of rotatable bonds is 3. The first-order valence-electron chi connectivity index (χ1n) is 6.98. The highest BCUT2D eigenvalue weighted by molar-refractivity contribution is 7.12. The van der Waals surface area contributed by atoms with Gasteiger partial charge in [0.2, 0.25) is 0 Å². The maximum atomic E-state index is 12.1. The topological polar surface area (TPSA) is 47.6 Å². The maximum Gasteiger partial charge on any atom is 0.261 e. The van der Waals surface area contributed by atoms with Crippen molar-refractivity contribution in [3.05, 3.63) is 46.2 Å². The van der Waals surface area contributed by atoms with E-state index in [4.69, 9.17) is 9.47 Å². The van der Waals surface area contributed by atoms with E-state index < -0.39 is 0 Å². The summed E-state index contributed by atoms with van der Waals surface area (Å²) >= 11 is 1.44. The van der Waals surface area contributed by atoms with Gasteiger partial charge in [0.1, 0.15) is 0 Å². The molecule has 110 valence electrons. The molecule has 1 atom stereocenters. The summed E-state index contributed by atoms with van der Waals surface area (Å²) in [6.07, 6.45) is 0.884. The largest absolute Gasteiger partial charge is 0.490 e. The number of thiophene rings is 1. The van der Waals surface area contributed by atoms with Crippen molar-refractivity contribution in [1.29, 1.82) is 0 Å². The van der Waals surface area contributed by atoms with Crippen LogP contribution in [-0.2, 0) is 0 Å². The molecule has 21 heavy (non-hydrogen) atoms. The molecule has 3 rings (SSSR count). The van der Waals surface area contributed by atoms with E-state index in [0.29, 0.717) is 13.2 Å². The van der Waals surface area contributed by atoms with Gasteiger partial charge in [-0.15, -0.1) is 11.3 Å². The Bertz CT molecular complexity index is 624. The van der Waals surface area contributed by atoms with Crippen LogP contribution in [0.4, 0.5) is 0 Å². The lowest BCUT2D eigenvalue weighted by atomic mass is 10.1. The van der Waals surface area contributed by atoms with Crippen LogP contribution in [0.15, 0.2) is 35.7 Å². The number of nitrogens with one attached hydrogen (secondary N) is 1. The second-order valence-corrected chi connectivity index (χ2v) is 5.88. The number of carbonyl (C=O) groups is 1. The van der Waals surface area contributed by atoms with Gasteiger partial charge in [0.05, 0.1) is 24.1 Å². The third-order valence-corrected chi connectivity index (χ3v) is 4.23. The summed E-state index contributed by atoms with van der Waals surface area (Å²) in [6.45, 7) is 3.30. The van der Waals surface area contributed by atoms with Crippen molar-refractivity contribution in [2.24, 2.45) is 0 Å². The van der Waals surface area contributed by atoms with Crippen LogP contribution >= 0.6 is 11.3 Å². The first-order chi connectivity index (χ1) is 10.2. The van der Waals surface area contributed by atoms with Gasteiger partial charge in [-0.25, -0.2) is 0 Å². The standard InChI is InChI=1S/C16H17NO3S/c1-11(17-16(18)15-4-2-9-21-15)12-5-6-13-14(10-12)20-8-3-7-19-13/h2,4-6,9-11H,3,7-8H2,1H3,(H,17,18). The summed E-state index contributed by atoms with van der Waals surface area (Å²) in [5.74, 6) is 1.47. The normalized spacial score (nSPS) is 15.1. The Kier molecular flexibility index (Phi) is 4.10. The molecule has 5 heteroatoms. The van der Waals surface area contributed by atoms with Crippen molar-refractivity contribution in [2.45, 2.75) is 19.4 Å². The SMILES string of the molecule is CC(NC(=O)c1cccs1)c1ccc2c(c1)OCCCO2. The Morgan fingerprint density at radius 2 is 2.05 bits per heavy atom. The summed E-state index contributed by atoms with van der Waals surface area (Å²) in [5, 5.41) is 4.89. The minimum atomic E-state index is -0.0863. The van der Waals surface area contributed by atoms with Crippen LogP contribution in [0.5, 0.6) is 11.5 Å². The predicted octanol–water partition coefficient (Wildman–Crippen LogP) is 3.40. The van der Waals surface area contributed by atoms with E-state index in [1.165, 1.54) is 11.3 Å². The Morgan fingerprint density at radius 3 is 2.81 bits per heavy atom. The van der Waals surface area contributed by atoms with Crippen molar-refractivity contribution in [3.8, 4) is 11.5 Å². The lowest BCUT2D eigenvalue weighted by molar-refractivity contribution is 0.0944. The van der Waals surface area contributed by atoms with Crippen LogP contribution in [0, 0.1) is 0 Å². The molecule has 0 aliphatic carbocycles. The molecule has 0 saturated carbocycles. The van der Waals surface area contributed by atoms with E-state index in [1.807, 2.05) is 42.6 Å². The Hall–Kier alpha value is -2.01. The van der Waals surface area contributed by atoms with Gasteiger partial charge in [-0.1, -0.05) is 12.1 Å². The monoisotopic (exact) mass is 303 g/mol. The van der Waals surface area contributed by atoms with Gasteiger partial charge in [-0.2, -0.15) is 0 Å². The van der Waals surface area contributed by atoms with E-state index in [-0.39, 0.29) is 11.9 Å². The van der Waals surface area contributed by atoms with Gasteiger partial charge in [0, 0.05) is 6.42 Å². The number of carbonyl (C=O) groups excluding carboxylic acids is 1. The Morgan fingerprint density at radius 1 is 1.24 bits per heavy atom. The molecule has 0 saturated heterocycles. The number of amides is 1. The van der Waals surface area contributed by atoms with E-state index >= 15 is 0 Å². The molecule has 0 bridgehead atoms. The zero-order chi connectivity index (χ0) is 14.7. The first kappa shape index (κ1) is 13.9. The number of hydrogen-bond acceptors (Lipinski definition) is 4. The Balaban J connectivity index is 1.74. The Labute approximate surface area is 127 Å². The molecule has 1 N–H and O–H groups in total. The van der Waals surface area contributed by atoms with Crippen LogP contribution in [0.3, 0.4) is 0 Å². The second-order valence-electron chi connectivity index (χ2n) is 4.93. The number of ether oxygens (including phenoxy) is 2. The molecule has 1 amide bonds. The summed E-state index contributed by atoms with van der Waals surface area (Å²) in [5.41, 5.74) is 1.00. The average molecular weight is 303 g/mol. The third-order valence-electron chi connectivity index (χ3n) is 3.36. The molecular weight excluding hydrogens is 286 g/mol. The minimum absolute atomic E-state index is 0.0513. The summed E-state index contributed by atoms with van der Waals surface area (Å²) in [6, 6.07) is 9.42. The van der Waals surface area contributed by atoms with Crippen molar-refractivity contribution in [2.75, 3.05) is 13.2 Å². The molecule has 1 aliphatic heterocycles. The number of fused-ring (bicyclic) bond motifs is 1. The van der Waals surface area contributed by atoms with Crippen LogP contribution in [0.25, 0.3) is 0 Å². The number of benzene rings is 1. The highest BCUT2D eigenvalue weighted by Gasteiger charge is 2.16. The average Bonchev–Trinajstić information content (AvgIpc) is 2.92. The van der Waals surface area contributed by atoms with Crippen LogP contribution in [0.2, 0.25) is 0 Å². The quantitative estimate of drug-likeness (QED) is 0.945. The van der Waals surface area contributed by atoms with E-state index in [1.54, 1.807) is 0 Å². The fourth-order valence-electron chi connectivity index (χ4n) is 2.21. The first-order valence-corrected chi connectivity index (χ1v) is 7.86. The zero-order valence-corrected chi connectivity index (χ0v) is 12.6. The molecule has 0 fully saturated rings. The summed E-state index contributed by atoms with van der Waals surface area (Å²) in [7, 11) is 0. The lowest BCUT2D eigenvalue weighted by Crippen LogP contribution is -2.25. The second kappa shape index (κ2) is 6.18. The van der Waals surface area contributed by atoms with Crippen molar-refractivity contribution in [1.82, 2.24) is 5.32 Å². The third kappa shape index (κ3) is 3.19. The molecular formula is C16H17NO3S. The van der Waals surface area contributed by atoms with E-state index in [2.05, 4.69) is 5.32 Å². The van der Waals surface area contributed by atoms with Gasteiger partial charge >= 0.3 is 0 Å². The zero-order valence-electron chi connectivity index (χ0n) is 11.8. The molecule has 4 nitrogen and oxygen atoms in total. The van der Waals surface area contributed by atoms with Crippen molar-refractivity contribution >= 4 is 17.2 Å². The van der Waals surface area contributed by atoms with Gasteiger partial charge < -0.3 is 14.8 Å². The fourth-order valence-corrected chi connectivity index (χ4v) is 2.83. The molecule has 2 aromatic rings. The maximum absolute atomic E-state index is 12.1.